The molecule has 110 valence electrons. The van der Waals surface area contributed by atoms with Crippen LogP contribution in [0.2, 0.25) is 5.02 Å². The van der Waals surface area contributed by atoms with Crippen LogP contribution in [-0.2, 0) is 0 Å². The molecule has 1 saturated heterocycles. The highest BCUT2D eigenvalue weighted by molar-refractivity contribution is 6.32. The smallest absolute Gasteiger partial charge is 0.147 e. The van der Waals surface area contributed by atoms with Crippen LogP contribution in [-0.4, -0.2) is 29.8 Å². The molecule has 0 radical (unpaired) electrons. The molecule has 0 saturated carbocycles. The number of anilines is 1. The third kappa shape index (κ3) is 2.82. The molecular weight excluding hydrogens is 288 g/mol. The highest BCUT2D eigenvalue weighted by Crippen LogP contribution is 2.38. The summed E-state index contributed by atoms with van der Waals surface area (Å²) in [5.41, 5.74) is 1.09. The van der Waals surface area contributed by atoms with Gasteiger partial charge in [-0.3, -0.25) is 0 Å². The Bertz CT molecular complexity index is 635. The van der Waals surface area contributed by atoms with Crippen LogP contribution in [0.4, 0.5) is 5.82 Å². The van der Waals surface area contributed by atoms with Gasteiger partial charge >= 0.3 is 0 Å². The van der Waals surface area contributed by atoms with Crippen molar-refractivity contribution in [3.8, 4) is 5.75 Å². The van der Waals surface area contributed by atoms with Gasteiger partial charge in [-0.2, -0.15) is 0 Å². The van der Waals surface area contributed by atoms with Crippen LogP contribution in [0.3, 0.4) is 0 Å². The zero-order valence-corrected chi connectivity index (χ0v) is 12.5. The molecular formula is C16H17ClN2O2. The number of hydrogen-bond acceptors (Lipinski definition) is 4. The summed E-state index contributed by atoms with van der Waals surface area (Å²) in [6.45, 7) is 0.526. The van der Waals surface area contributed by atoms with Crippen molar-refractivity contribution in [2.45, 2.75) is 18.6 Å². The molecule has 2 heterocycles. The molecule has 4 nitrogen and oxygen atoms in total. The first-order valence-electron chi connectivity index (χ1n) is 6.88. The number of aromatic nitrogens is 1. The van der Waals surface area contributed by atoms with Crippen LogP contribution in [0, 0.1) is 0 Å². The van der Waals surface area contributed by atoms with Gasteiger partial charge < -0.3 is 14.7 Å². The number of hydrogen-bond donors (Lipinski definition) is 1. The largest absolute Gasteiger partial charge is 0.497 e. The predicted molar refractivity (Wildman–Crippen MR) is 83.0 cm³/mol. The van der Waals surface area contributed by atoms with Crippen molar-refractivity contribution in [2.75, 3.05) is 18.6 Å². The minimum atomic E-state index is -0.390. The van der Waals surface area contributed by atoms with E-state index in [0.29, 0.717) is 23.8 Å². The number of benzene rings is 1. The number of β-amino-alcohol motifs (C(OH)–C–C–N with tert-alkyl or cyclic N) is 1. The summed E-state index contributed by atoms with van der Waals surface area (Å²) >= 11 is 6.25. The van der Waals surface area contributed by atoms with Gasteiger partial charge in [-0.1, -0.05) is 23.7 Å². The summed E-state index contributed by atoms with van der Waals surface area (Å²) in [7, 11) is 1.65. The molecule has 5 heteroatoms. The predicted octanol–water partition coefficient (Wildman–Crippen LogP) is 3.06. The normalized spacial score (nSPS) is 21.6. The summed E-state index contributed by atoms with van der Waals surface area (Å²) in [5.74, 6) is 1.52. The molecule has 21 heavy (non-hydrogen) atoms. The number of pyridine rings is 1. The summed E-state index contributed by atoms with van der Waals surface area (Å²) in [6.07, 6.45) is 1.98. The monoisotopic (exact) mass is 304 g/mol. The van der Waals surface area contributed by atoms with Crippen LogP contribution in [0.15, 0.2) is 42.6 Å². The minimum Gasteiger partial charge on any atom is -0.497 e. The van der Waals surface area contributed by atoms with E-state index < -0.39 is 0 Å². The Labute approximate surface area is 128 Å². The lowest BCUT2D eigenvalue weighted by Gasteiger charge is -2.26. The van der Waals surface area contributed by atoms with Gasteiger partial charge in [0.2, 0.25) is 0 Å². The Morgan fingerprint density at radius 2 is 2.19 bits per heavy atom. The van der Waals surface area contributed by atoms with Gasteiger partial charge in [-0.15, -0.1) is 0 Å². The average Bonchev–Trinajstić information content (AvgIpc) is 2.89. The fourth-order valence-corrected chi connectivity index (χ4v) is 3.03. The third-order valence-electron chi connectivity index (χ3n) is 3.77. The minimum absolute atomic E-state index is 0.0440. The first-order chi connectivity index (χ1) is 10.2. The standard InChI is InChI=1S/C16H17ClN2O2/c1-21-13-5-2-4-11(8-13)15-9-12(20)10-19(15)16-14(17)6-3-7-18-16/h2-8,12,15,20H,9-10H2,1H3/t12-,15-/m0/s1. The SMILES string of the molecule is COc1cccc([C@@H]2C[C@H](O)CN2c2ncccc2Cl)c1. The Morgan fingerprint density at radius 3 is 2.95 bits per heavy atom. The zero-order chi connectivity index (χ0) is 14.8. The molecule has 1 aromatic carbocycles. The number of rotatable bonds is 3. The van der Waals surface area contributed by atoms with Gasteiger partial charge in [0.1, 0.15) is 11.6 Å². The van der Waals surface area contributed by atoms with Crippen LogP contribution in [0.1, 0.15) is 18.0 Å². The number of ether oxygens (including phenoxy) is 1. The number of aliphatic hydroxyl groups excluding tert-OH is 1. The fourth-order valence-electron chi connectivity index (χ4n) is 2.80. The molecule has 0 unspecified atom stereocenters. The Hall–Kier alpha value is -1.78. The van der Waals surface area contributed by atoms with Crippen molar-refractivity contribution in [3.05, 3.63) is 53.2 Å². The molecule has 1 aliphatic rings. The van der Waals surface area contributed by atoms with E-state index in [1.807, 2.05) is 30.3 Å². The van der Waals surface area contributed by atoms with E-state index in [1.54, 1.807) is 19.4 Å². The summed E-state index contributed by atoms with van der Waals surface area (Å²) in [6, 6.07) is 11.6. The topological polar surface area (TPSA) is 45.6 Å². The van der Waals surface area contributed by atoms with Gasteiger partial charge in [0, 0.05) is 12.7 Å². The number of aliphatic hydroxyl groups is 1. The fraction of sp³-hybridized carbons (Fsp3) is 0.312. The highest BCUT2D eigenvalue weighted by atomic mass is 35.5. The lowest BCUT2D eigenvalue weighted by molar-refractivity contribution is 0.194. The van der Waals surface area contributed by atoms with Crippen LogP contribution >= 0.6 is 11.6 Å². The first kappa shape index (κ1) is 14.2. The lowest BCUT2D eigenvalue weighted by Crippen LogP contribution is -2.25. The van der Waals surface area contributed by atoms with E-state index in [2.05, 4.69) is 9.88 Å². The third-order valence-corrected chi connectivity index (χ3v) is 4.06. The Morgan fingerprint density at radius 1 is 1.33 bits per heavy atom. The second-order valence-corrected chi connectivity index (χ2v) is 5.55. The molecule has 2 aromatic rings. The van der Waals surface area contributed by atoms with E-state index in [1.165, 1.54) is 0 Å². The van der Waals surface area contributed by atoms with Crippen molar-refractivity contribution in [1.29, 1.82) is 0 Å². The van der Waals surface area contributed by atoms with Crippen LogP contribution in [0.25, 0.3) is 0 Å². The Kier molecular flexibility index (Phi) is 3.99. The van der Waals surface area contributed by atoms with Gasteiger partial charge in [0.05, 0.1) is 24.3 Å². The zero-order valence-electron chi connectivity index (χ0n) is 11.7. The molecule has 3 rings (SSSR count). The van der Waals surface area contributed by atoms with Crippen LogP contribution < -0.4 is 9.64 Å². The number of methoxy groups -OCH3 is 1. The molecule has 1 fully saturated rings. The molecule has 1 aliphatic heterocycles. The molecule has 0 amide bonds. The summed E-state index contributed by atoms with van der Waals surface area (Å²) in [4.78, 5) is 6.42. The summed E-state index contributed by atoms with van der Waals surface area (Å²) in [5, 5.41) is 10.7. The van der Waals surface area contributed by atoms with Crippen LogP contribution in [0.5, 0.6) is 5.75 Å². The van der Waals surface area contributed by atoms with Crippen molar-refractivity contribution in [3.63, 3.8) is 0 Å². The second-order valence-electron chi connectivity index (χ2n) is 5.14. The maximum absolute atomic E-state index is 10.1. The maximum atomic E-state index is 10.1. The van der Waals surface area contributed by atoms with E-state index in [9.17, 15) is 5.11 Å². The first-order valence-corrected chi connectivity index (χ1v) is 7.26. The van der Waals surface area contributed by atoms with Crippen molar-refractivity contribution < 1.29 is 9.84 Å². The number of nitrogens with zero attached hydrogens (tertiary/aromatic N) is 2. The molecule has 0 bridgehead atoms. The van der Waals surface area contributed by atoms with Gasteiger partial charge in [-0.25, -0.2) is 4.98 Å². The van der Waals surface area contributed by atoms with Gasteiger partial charge in [0.25, 0.3) is 0 Å². The molecule has 2 atom stereocenters. The number of halogens is 1. The second kappa shape index (κ2) is 5.92. The lowest BCUT2D eigenvalue weighted by atomic mass is 10.0. The average molecular weight is 305 g/mol. The van der Waals surface area contributed by atoms with Gasteiger partial charge in [-0.05, 0) is 36.2 Å². The Balaban J connectivity index is 1.97. The van der Waals surface area contributed by atoms with E-state index in [0.717, 1.165) is 11.3 Å². The maximum Gasteiger partial charge on any atom is 0.147 e. The van der Waals surface area contributed by atoms with E-state index in [4.69, 9.17) is 16.3 Å². The molecule has 0 aliphatic carbocycles. The summed E-state index contributed by atoms with van der Waals surface area (Å²) < 4.78 is 5.28. The van der Waals surface area contributed by atoms with Crippen molar-refractivity contribution >= 4 is 17.4 Å². The highest BCUT2D eigenvalue weighted by Gasteiger charge is 2.34. The molecule has 0 spiro atoms. The molecule has 1 N–H and O–H groups in total. The van der Waals surface area contributed by atoms with E-state index >= 15 is 0 Å². The van der Waals surface area contributed by atoms with Gasteiger partial charge in [0.15, 0.2) is 0 Å². The molecule has 1 aromatic heterocycles. The van der Waals surface area contributed by atoms with Crippen molar-refractivity contribution in [2.24, 2.45) is 0 Å². The van der Waals surface area contributed by atoms with E-state index in [-0.39, 0.29) is 12.1 Å². The van der Waals surface area contributed by atoms with Crippen molar-refractivity contribution in [1.82, 2.24) is 4.98 Å². The quantitative estimate of drug-likeness (QED) is 0.946.